The van der Waals surface area contributed by atoms with E-state index >= 15 is 0 Å². The number of nitrogens with zero attached hydrogens (tertiary/aromatic N) is 2. The Balaban J connectivity index is 1.88. The molecule has 1 atom stereocenters. The van der Waals surface area contributed by atoms with E-state index in [1.54, 1.807) is 0 Å². The number of piperidine rings is 1. The Morgan fingerprint density at radius 1 is 1.21 bits per heavy atom. The molecule has 0 bridgehead atoms. The van der Waals surface area contributed by atoms with Gasteiger partial charge in [0.15, 0.2) is 0 Å². The van der Waals surface area contributed by atoms with E-state index in [0.29, 0.717) is 24.5 Å². The van der Waals surface area contributed by atoms with Gasteiger partial charge in [-0.2, -0.15) is 0 Å². The Bertz CT molecular complexity index is 285. The minimum Gasteiger partial charge on any atom is -0.339 e. The molecule has 4 nitrogen and oxygen atoms in total. The van der Waals surface area contributed by atoms with Gasteiger partial charge < -0.3 is 10.2 Å². The van der Waals surface area contributed by atoms with Gasteiger partial charge in [-0.3, -0.25) is 9.69 Å². The van der Waals surface area contributed by atoms with Crippen LogP contribution in [0.4, 0.5) is 0 Å². The predicted octanol–water partition coefficient (Wildman–Crippen LogP) is 1.46. The zero-order valence-corrected chi connectivity index (χ0v) is 12.5. The van der Waals surface area contributed by atoms with Crippen LogP contribution in [0.2, 0.25) is 0 Å². The molecule has 2 aliphatic rings. The standard InChI is InChI=1S/C15H29N3O/c1-3-10-17(14-6-5-9-16-11-14)12-15(19)18(4-2)13-7-8-13/h13-14,16H,3-12H2,1-2H3. The molecular weight excluding hydrogens is 238 g/mol. The van der Waals surface area contributed by atoms with Crippen molar-refractivity contribution in [2.45, 2.75) is 58.0 Å². The highest BCUT2D eigenvalue weighted by Crippen LogP contribution is 2.26. The third kappa shape index (κ3) is 4.18. The lowest BCUT2D eigenvalue weighted by molar-refractivity contribution is -0.133. The number of nitrogens with one attached hydrogen (secondary N) is 1. The highest BCUT2D eigenvalue weighted by molar-refractivity contribution is 5.79. The Morgan fingerprint density at radius 2 is 2.00 bits per heavy atom. The van der Waals surface area contributed by atoms with Crippen LogP contribution in [0, 0.1) is 0 Å². The van der Waals surface area contributed by atoms with E-state index in [9.17, 15) is 4.79 Å². The third-order valence-corrected chi connectivity index (χ3v) is 4.29. The molecule has 1 N–H and O–H groups in total. The molecule has 1 saturated carbocycles. The van der Waals surface area contributed by atoms with Gasteiger partial charge in [-0.25, -0.2) is 0 Å². The molecule has 4 heteroatoms. The molecular formula is C15H29N3O. The molecule has 1 heterocycles. The fourth-order valence-corrected chi connectivity index (χ4v) is 3.11. The van der Waals surface area contributed by atoms with Gasteiger partial charge in [-0.15, -0.1) is 0 Å². The molecule has 1 aliphatic heterocycles. The number of rotatable bonds is 7. The number of carbonyl (C=O) groups is 1. The average molecular weight is 267 g/mol. The minimum atomic E-state index is 0.337. The fourth-order valence-electron chi connectivity index (χ4n) is 3.11. The topological polar surface area (TPSA) is 35.6 Å². The van der Waals surface area contributed by atoms with Crippen molar-refractivity contribution in [1.29, 1.82) is 0 Å². The molecule has 1 unspecified atom stereocenters. The van der Waals surface area contributed by atoms with E-state index in [1.165, 1.54) is 25.7 Å². The van der Waals surface area contributed by atoms with Crippen molar-refractivity contribution >= 4 is 5.91 Å². The van der Waals surface area contributed by atoms with Crippen molar-refractivity contribution in [2.75, 3.05) is 32.7 Å². The van der Waals surface area contributed by atoms with E-state index in [2.05, 4.69) is 29.0 Å². The Morgan fingerprint density at radius 3 is 2.53 bits per heavy atom. The van der Waals surface area contributed by atoms with Crippen LogP contribution < -0.4 is 5.32 Å². The molecule has 1 aliphatic carbocycles. The molecule has 19 heavy (non-hydrogen) atoms. The summed E-state index contributed by atoms with van der Waals surface area (Å²) in [5, 5.41) is 3.46. The Hall–Kier alpha value is -0.610. The van der Waals surface area contributed by atoms with Crippen LogP contribution in [0.15, 0.2) is 0 Å². The molecule has 0 radical (unpaired) electrons. The smallest absolute Gasteiger partial charge is 0.236 e. The lowest BCUT2D eigenvalue weighted by atomic mass is 10.1. The number of hydrogen-bond acceptors (Lipinski definition) is 3. The summed E-state index contributed by atoms with van der Waals surface area (Å²) < 4.78 is 0. The molecule has 0 spiro atoms. The molecule has 2 rings (SSSR count). The first-order chi connectivity index (χ1) is 9.26. The molecule has 1 saturated heterocycles. The van der Waals surface area contributed by atoms with E-state index in [0.717, 1.165) is 32.6 Å². The highest BCUT2D eigenvalue weighted by atomic mass is 16.2. The molecule has 1 amide bonds. The van der Waals surface area contributed by atoms with Crippen molar-refractivity contribution < 1.29 is 4.79 Å². The van der Waals surface area contributed by atoms with Gasteiger partial charge >= 0.3 is 0 Å². The highest BCUT2D eigenvalue weighted by Gasteiger charge is 2.32. The second-order valence-electron chi connectivity index (χ2n) is 5.88. The molecule has 0 aromatic carbocycles. The van der Waals surface area contributed by atoms with Gasteiger partial charge in [-0.05, 0) is 52.1 Å². The van der Waals surface area contributed by atoms with Crippen LogP contribution in [0.25, 0.3) is 0 Å². The maximum Gasteiger partial charge on any atom is 0.236 e. The zero-order valence-electron chi connectivity index (χ0n) is 12.5. The third-order valence-electron chi connectivity index (χ3n) is 4.29. The van der Waals surface area contributed by atoms with Crippen LogP contribution in [-0.2, 0) is 4.79 Å². The van der Waals surface area contributed by atoms with Crippen molar-refractivity contribution in [2.24, 2.45) is 0 Å². The van der Waals surface area contributed by atoms with Crippen LogP contribution in [0.3, 0.4) is 0 Å². The fraction of sp³-hybridized carbons (Fsp3) is 0.933. The molecule has 0 aromatic rings. The number of hydrogen-bond donors (Lipinski definition) is 1. The summed E-state index contributed by atoms with van der Waals surface area (Å²) in [6, 6.07) is 1.10. The SMILES string of the molecule is CCCN(CC(=O)N(CC)C1CC1)C1CCCNC1. The van der Waals surface area contributed by atoms with Gasteiger partial charge in [0.25, 0.3) is 0 Å². The van der Waals surface area contributed by atoms with Gasteiger partial charge in [0.1, 0.15) is 0 Å². The van der Waals surface area contributed by atoms with E-state index in [4.69, 9.17) is 0 Å². The summed E-state index contributed by atoms with van der Waals surface area (Å²) in [6.07, 6.45) is 6.00. The maximum absolute atomic E-state index is 12.4. The second-order valence-corrected chi connectivity index (χ2v) is 5.88. The summed E-state index contributed by atoms with van der Waals surface area (Å²) >= 11 is 0. The number of carbonyl (C=O) groups excluding carboxylic acids is 1. The van der Waals surface area contributed by atoms with Crippen molar-refractivity contribution in [3.8, 4) is 0 Å². The van der Waals surface area contributed by atoms with Gasteiger partial charge in [0.05, 0.1) is 6.54 Å². The predicted molar refractivity (Wildman–Crippen MR) is 78.2 cm³/mol. The first-order valence-corrected chi connectivity index (χ1v) is 8.00. The zero-order chi connectivity index (χ0) is 13.7. The van der Waals surface area contributed by atoms with E-state index in [1.807, 2.05) is 0 Å². The van der Waals surface area contributed by atoms with Crippen LogP contribution in [-0.4, -0.2) is 60.5 Å². The quantitative estimate of drug-likeness (QED) is 0.758. The monoisotopic (exact) mass is 267 g/mol. The largest absolute Gasteiger partial charge is 0.339 e. The summed E-state index contributed by atoms with van der Waals surface area (Å²) in [5.74, 6) is 0.337. The van der Waals surface area contributed by atoms with Crippen LogP contribution in [0.1, 0.15) is 46.0 Å². The lowest BCUT2D eigenvalue weighted by Crippen LogP contribution is -2.50. The Kier molecular flexibility index (Phi) is 5.64. The van der Waals surface area contributed by atoms with E-state index < -0.39 is 0 Å². The van der Waals surface area contributed by atoms with Gasteiger partial charge in [0.2, 0.25) is 5.91 Å². The maximum atomic E-state index is 12.4. The molecule has 2 fully saturated rings. The normalized spacial score (nSPS) is 23.6. The summed E-state index contributed by atoms with van der Waals surface area (Å²) in [6.45, 7) is 9.00. The first kappa shape index (κ1) is 14.8. The Labute approximate surface area is 117 Å². The second kappa shape index (κ2) is 7.25. The molecule has 0 aromatic heterocycles. The lowest BCUT2D eigenvalue weighted by Gasteiger charge is -2.35. The van der Waals surface area contributed by atoms with Crippen LogP contribution >= 0.6 is 0 Å². The van der Waals surface area contributed by atoms with E-state index in [-0.39, 0.29) is 0 Å². The van der Waals surface area contributed by atoms with Crippen LogP contribution in [0.5, 0.6) is 0 Å². The molecule has 110 valence electrons. The minimum absolute atomic E-state index is 0.337. The van der Waals surface area contributed by atoms with Crippen molar-refractivity contribution in [3.05, 3.63) is 0 Å². The summed E-state index contributed by atoms with van der Waals surface area (Å²) in [4.78, 5) is 16.9. The first-order valence-electron chi connectivity index (χ1n) is 8.00. The van der Waals surface area contributed by atoms with Gasteiger partial charge in [-0.1, -0.05) is 6.92 Å². The van der Waals surface area contributed by atoms with Crippen molar-refractivity contribution in [1.82, 2.24) is 15.1 Å². The number of likely N-dealkylation sites (N-methyl/N-ethyl adjacent to an activating group) is 1. The average Bonchev–Trinajstić information content (AvgIpc) is 3.25. The number of amides is 1. The summed E-state index contributed by atoms with van der Waals surface area (Å²) in [5.41, 5.74) is 0. The van der Waals surface area contributed by atoms with Crippen molar-refractivity contribution in [3.63, 3.8) is 0 Å². The summed E-state index contributed by atoms with van der Waals surface area (Å²) in [7, 11) is 0. The van der Waals surface area contributed by atoms with Gasteiger partial charge in [0, 0.05) is 25.2 Å².